The molecule has 2 aromatic rings. The predicted molar refractivity (Wildman–Crippen MR) is 84.0 cm³/mol. The minimum Gasteiger partial charge on any atom is -0.489 e. The lowest BCUT2D eigenvalue weighted by Crippen LogP contribution is -2.12. The highest BCUT2D eigenvalue weighted by Gasteiger charge is 2.06. The van der Waals surface area contributed by atoms with Crippen LogP contribution in [0.5, 0.6) is 5.75 Å². The van der Waals surface area contributed by atoms with Crippen molar-refractivity contribution in [3.05, 3.63) is 64.5 Å². The molecule has 0 unspecified atom stereocenters. The van der Waals surface area contributed by atoms with Gasteiger partial charge in [-0.2, -0.15) is 0 Å². The van der Waals surface area contributed by atoms with E-state index in [1.54, 1.807) is 6.07 Å². The van der Waals surface area contributed by atoms with E-state index in [0.717, 1.165) is 35.5 Å². The van der Waals surface area contributed by atoms with Crippen LogP contribution >= 0.6 is 0 Å². The summed E-state index contributed by atoms with van der Waals surface area (Å²) in [4.78, 5) is 0. The zero-order chi connectivity index (χ0) is 15.2. The van der Waals surface area contributed by atoms with Crippen LogP contribution in [0.2, 0.25) is 0 Å². The second kappa shape index (κ2) is 7.23. The molecule has 112 valence electrons. The van der Waals surface area contributed by atoms with Crippen LogP contribution in [0.4, 0.5) is 4.39 Å². The summed E-state index contributed by atoms with van der Waals surface area (Å²) in [5, 5.41) is 3.24. The van der Waals surface area contributed by atoms with Crippen LogP contribution in [-0.2, 0) is 13.2 Å². The maximum atomic E-state index is 13.9. The van der Waals surface area contributed by atoms with E-state index < -0.39 is 0 Å². The summed E-state index contributed by atoms with van der Waals surface area (Å²) in [6, 6.07) is 11.2. The molecule has 1 N–H and O–H groups in total. The molecule has 3 heteroatoms. The van der Waals surface area contributed by atoms with Crippen LogP contribution in [0.3, 0.4) is 0 Å². The Kier molecular flexibility index (Phi) is 5.34. The molecular weight excluding hydrogens is 265 g/mol. The van der Waals surface area contributed by atoms with Gasteiger partial charge in [0, 0.05) is 12.1 Å². The lowest BCUT2D eigenvalue weighted by atomic mass is 10.1. The third kappa shape index (κ3) is 4.30. The molecule has 2 aromatic carbocycles. The largest absolute Gasteiger partial charge is 0.489 e. The first-order valence-electron chi connectivity index (χ1n) is 7.28. The van der Waals surface area contributed by atoms with Crippen LogP contribution < -0.4 is 10.1 Å². The molecular formula is C18H22FNO. The molecule has 0 atom stereocenters. The topological polar surface area (TPSA) is 21.3 Å². The van der Waals surface area contributed by atoms with Gasteiger partial charge in [-0.3, -0.25) is 0 Å². The zero-order valence-corrected chi connectivity index (χ0v) is 12.9. The number of nitrogens with one attached hydrogen (secondary N) is 1. The Morgan fingerprint density at radius 2 is 1.90 bits per heavy atom. The van der Waals surface area contributed by atoms with Crippen LogP contribution in [0.15, 0.2) is 36.4 Å². The number of hydrogen-bond acceptors (Lipinski definition) is 2. The van der Waals surface area contributed by atoms with E-state index in [2.05, 4.69) is 5.32 Å². The maximum Gasteiger partial charge on any atom is 0.129 e. The van der Waals surface area contributed by atoms with E-state index in [4.69, 9.17) is 4.74 Å². The minimum absolute atomic E-state index is 0.222. The lowest BCUT2D eigenvalue weighted by molar-refractivity contribution is 0.297. The van der Waals surface area contributed by atoms with Gasteiger partial charge in [-0.15, -0.1) is 0 Å². The quantitative estimate of drug-likeness (QED) is 0.862. The monoisotopic (exact) mass is 287 g/mol. The molecule has 0 fully saturated rings. The molecule has 0 saturated heterocycles. The van der Waals surface area contributed by atoms with Crippen molar-refractivity contribution in [1.82, 2.24) is 5.32 Å². The van der Waals surface area contributed by atoms with E-state index >= 15 is 0 Å². The van der Waals surface area contributed by atoms with E-state index in [0.29, 0.717) is 5.56 Å². The summed E-state index contributed by atoms with van der Waals surface area (Å²) >= 11 is 0. The fourth-order valence-electron chi connectivity index (χ4n) is 2.14. The number of hydrogen-bond donors (Lipinski definition) is 1. The highest BCUT2D eigenvalue weighted by molar-refractivity contribution is 5.36. The Balaban J connectivity index is 2.10. The van der Waals surface area contributed by atoms with Gasteiger partial charge in [-0.05, 0) is 55.3 Å². The molecule has 0 radical (unpaired) electrons. The molecule has 0 aliphatic heterocycles. The maximum absolute atomic E-state index is 13.9. The van der Waals surface area contributed by atoms with Crippen molar-refractivity contribution in [3.63, 3.8) is 0 Å². The first-order chi connectivity index (χ1) is 10.1. The number of ether oxygens (including phenoxy) is 1. The Hall–Kier alpha value is -1.87. The van der Waals surface area contributed by atoms with Crippen LogP contribution in [-0.4, -0.2) is 6.54 Å². The summed E-state index contributed by atoms with van der Waals surface area (Å²) in [6.45, 7) is 7.94. The molecule has 2 nitrogen and oxygen atoms in total. The molecule has 0 aliphatic rings. The summed E-state index contributed by atoms with van der Waals surface area (Å²) in [7, 11) is 0. The van der Waals surface area contributed by atoms with Gasteiger partial charge in [0.2, 0.25) is 0 Å². The van der Waals surface area contributed by atoms with Crippen molar-refractivity contribution in [2.75, 3.05) is 6.54 Å². The van der Waals surface area contributed by atoms with Crippen molar-refractivity contribution in [2.45, 2.75) is 33.9 Å². The highest BCUT2D eigenvalue weighted by atomic mass is 19.1. The predicted octanol–water partition coefficient (Wildman–Crippen LogP) is 4.13. The number of aryl methyl sites for hydroxylation is 2. The Bertz CT molecular complexity index is 610. The van der Waals surface area contributed by atoms with Crippen LogP contribution in [0.25, 0.3) is 0 Å². The minimum atomic E-state index is -0.222. The zero-order valence-electron chi connectivity index (χ0n) is 12.9. The average Bonchev–Trinajstić information content (AvgIpc) is 2.48. The van der Waals surface area contributed by atoms with Gasteiger partial charge in [0.15, 0.2) is 0 Å². The van der Waals surface area contributed by atoms with Gasteiger partial charge in [0.05, 0.1) is 0 Å². The molecule has 0 amide bonds. The van der Waals surface area contributed by atoms with E-state index in [9.17, 15) is 4.39 Å². The normalized spacial score (nSPS) is 10.7. The highest BCUT2D eigenvalue weighted by Crippen LogP contribution is 2.21. The summed E-state index contributed by atoms with van der Waals surface area (Å²) < 4.78 is 19.7. The fraction of sp³-hybridized carbons (Fsp3) is 0.333. The third-order valence-corrected chi connectivity index (χ3v) is 3.42. The Morgan fingerprint density at radius 1 is 1.10 bits per heavy atom. The van der Waals surface area contributed by atoms with Crippen molar-refractivity contribution >= 4 is 0 Å². The van der Waals surface area contributed by atoms with Gasteiger partial charge < -0.3 is 10.1 Å². The second-order valence-electron chi connectivity index (χ2n) is 5.26. The molecule has 0 spiro atoms. The van der Waals surface area contributed by atoms with Gasteiger partial charge in [-0.1, -0.05) is 25.1 Å². The van der Waals surface area contributed by atoms with E-state index in [1.165, 1.54) is 6.07 Å². The van der Waals surface area contributed by atoms with Crippen LogP contribution in [0, 0.1) is 19.7 Å². The Morgan fingerprint density at radius 3 is 2.67 bits per heavy atom. The van der Waals surface area contributed by atoms with Gasteiger partial charge >= 0.3 is 0 Å². The summed E-state index contributed by atoms with van der Waals surface area (Å²) in [5.41, 5.74) is 3.85. The van der Waals surface area contributed by atoms with Gasteiger partial charge in [0.25, 0.3) is 0 Å². The average molecular weight is 287 g/mol. The smallest absolute Gasteiger partial charge is 0.129 e. The lowest BCUT2D eigenvalue weighted by Gasteiger charge is -2.12. The van der Waals surface area contributed by atoms with Gasteiger partial charge in [0.1, 0.15) is 18.2 Å². The van der Waals surface area contributed by atoms with Crippen molar-refractivity contribution < 1.29 is 9.13 Å². The summed E-state index contributed by atoms with van der Waals surface area (Å²) in [6.07, 6.45) is 0. The number of halogens is 1. The molecule has 0 saturated carbocycles. The second-order valence-corrected chi connectivity index (χ2v) is 5.26. The van der Waals surface area contributed by atoms with Crippen LogP contribution in [0.1, 0.15) is 29.2 Å². The van der Waals surface area contributed by atoms with Crippen molar-refractivity contribution in [1.29, 1.82) is 0 Å². The SMILES string of the molecule is CCNCc1ccc(F)c(COc2cc(C)ccc2C)c1. The van der Waals surface area contributed by atoms with Crippen molar-refractivity contribution in [3.8, 4) is 5.75 Å². The van der Waals surface area contributed by atoms with Gasteiger partial charge in [-0.25, -0.2) is 4.39 Å². The molecule has 0 aromatic heterocycles. The molecule has 0 heterocycles. The number of rotatable bonds is 6. The van der Waals surface area contributed by atoms with E-state index in [1.807, 2.05) is 45.0 Å². The molecule has 2 rings (SSSR count). The standard InChI is InChI=1S/C18H22FNO/c1-4-20-11-15-7-8-17(19)16(10-15)12-21-18-9-13(2)5-6-14(18)3/h5-10,20H,4,11-12H2,1-3H3. The van der Waals surface area contributed by atoms with Crippen molar-refractivity contribution in [2.24, 2.45) is 0 Å². The fourth-order valence-corrected chi connectivity index (χ4v) is 2.14. The Labute approximate surface area is 126 Å². The number of benzene rings is 2. The molecule has 0 aliphatic carbocycles. The molecule has 21 heavy (non-hydrogen) atoms. The first kappa shape index (κ1) is 15.5. The first-order valence-corrected chi connectivity index (χ1v) is 7.28. The molecule has 0 bridgehead atoms. The van der Waals surface area contributed by atoms with E-state index in [-0.39, 0.29) is 12.4 Å². The summed E-state index contributed by atoms with van der Waals surface area (Å²) in [5.74, 6) is 0.590. The third-order valence-electron chi connectivity index (χ3n) is 3.42.